The van der Waals surface area contributed by atoms with Crippen LogP contribution in [0.2, 0.25) is 10.0 Å². The fourth-order valence-corrected chi connectivity index (χ4v) is 3.81. The summed E-state index contributed by atoms with van der Waals surface area (Å²) in [6, 6.07) is 17.5. The standard InChI is InChI=1S/C19H14Cl2N2O3S/c20-16-9-13(10-17(21)19(16)24)22-11-12-3-1-2-4-18(12)27-15-7-5-14(6-8-15)23(25)26/h1-10,22,24H,11H2. The summed E-state index contributed by atoms with van der Waals surface area (Å²) < 4.78 is 0. The van der Waals surface area contributed by atoms with E-state index in [-0.39, 0.29) is 21.5 Å². The molecular weight excluding hydrogens is 407 g/mol. The largest absolute Gasteiger partial charge is 0.505 e. The Hall–Kier alpha value is -2.41. The minimum absolute atomic E-state index is 0.0652. The minimum atomic E-state index is -0.416. The number of hydrogen-bond donors (Lipinski definition) is 2. The molecular formula is C19H14Cl2N2O3S. The quantitative estimate of drug-likeness (QED) is 0.275. The van der Waals surface area contributed by atoms with Gasteiger partial charge in [-0.15, -0.1) is 0 Å². The molecule has 3 rings (SSSR count). The van der Waals surface area contributed by atoms with E-state index < -0.39 is 4.92 Å². The number of nitrogens with one attached hydrogen (secondary N) is 1. The SMILES string of the molecule is O=[N+]([O-])c1ccc(Sc2ccccc2CNc2cc(Cl)c(O)c(Cl)c2)cc1. The van der Waals surface area contributed by atoms with Crippen molar-refractivity contribution in [3.63, 3.8) is 0 Å². The van der Waals surface area contributed by atoms with Gasteiger partial charge in [0.1, 0.15) is 0 Å². The van der Waals surface area contributed by atoms with E-state index in [0.717, 1.165) is 15.4 Å². The van der Waals surface area contributed by atoms with E-state index >= 15 is 0 Å². The van der Waals surface area contributed by atoms with Gasteiger partial charge in [-0.05, 0) is 35.9 Å². The Morgan fingerprint density at radius 1 is 1.04 bits per heavy atom. The molecule has 5 nitrogen and oxygen atoms in total. The van der Waals surface area contributed by atoms with Crippen LogP contribution in [-0.4, -0.2) is 10.0 Å². The van der Waals surface area contributed by atoms with E-state index in [1.54, 1.807) is 24.3 Å². The van der Waals surface area contributed by atoms with Gasteiger partial charge >= 0.3 is 0 Å². The van der Waals surface area contributed by atoms with E-state index in [2.05, 4.69) is 5.32 Å². The highest BCUT2D eigenvalue weighted by atomic mass is 35.5. The minimum Gasteiger partial charge on any atom is -0.505 e. The van der Waals surface area contributed by atoms with Gasteiger partial charge in [-0.3, -0.25) is 10.1 Å². The molecule has 2 N–H and O–H groups in total. The molecule has 0 saturated heterocycles. The predicted octanol–water partition coefficient (Wildman–Crippen LogP) is 6.37. The first kappa shape index (κ1) is 19.4. The third kappa shape index (κ3) is 4.86. The van der Waals surface area contributed by atoms with Crippen molar-refractivity contribution in [2.75, 3.05) is 5.32 Å². The van der Waals surface area contributed by atoms with Crippen LogP contribution in [0.4, 0.5) is 11.4 Å². The zero-order chi connectivity index (χ0) is 19.4. The second kappa shape index (κ2) is 8.52. The van der Waals surface area contributed by atoms with Gasteiger partial charge in [0.2, 0.25) is 0 Å². The van der Waals surface area contributed by atoms with E-state index in [1.165, 1.54) is 23.9 Å². The van der Waals surface area contributed by atoms with Crippen LogP contribution >= 0.6 is 35.0 Å². The number of nitrogens with zero attached hydrogens (tertiary/aromatic N) is 1. The van der Waals surface area contributed by atoms with Crippen LogP contribution in [0.25, 0.3) is 0 Å². The Morgan fingerprint density at radius 3 is 2.30 bits per heavy atom. The van der Waals surface area contributed by atoms with Crippen molar-refractivity contribution in [1.29, 1.82) is 0 Å². The van der Waals surface area contributed by atoms with Gasteiger partial charge in [0, 0.05) is 34.2 Å². The summed E-state index contributed by atoms with van der Waals surface area (Å²) in [6.07, 6.45) is 0. The number of nitro benzene ring substituents is 1. The smallest absolute Gasteiger partial charge is 0.269 e. The third-order valence-electron chi connectivity index (χ3n) is 3.75. The summed E-state index contributed by atoms with van der Waals surface area (Å²) in [5, 5.41) is 24.0. The normalized spacial score (nSPS) is 10.6. The molecule has 0 spiro atoms. The maximum atomic E-state index is 10.8. The third-order valence-corrected chi connectivity index (χ3v) is 5.45. The molecule has 0 heterocycles. The van der Waals surface area contributed by atoms with E-state index in [9.17, 15) is 15.2 Å². The highest BCUT2D eigenvalue weighted by Crippen LogP contribution is 2.35. The Labute approximate surface area is 170 Å². The fraction of sp³-hybridized carbons (Fsp3) is 0.0526. The molecule has 0 aliphatic heterocycles. The number of halogens is 2. The topological polar surface area (TPSA) is 75.4 Å². The van der Waals surface area contributed by atoms with Crippen LogP contribution in [0.5, 0.6) is 5.75 Å². The summed E-state index contributed by atoms with van der Waals surface area (Å²) in [5.74, 6) is -0.141. The fourth-order valence-electron chi connectivity index (χ4n) is 2.38. The van der Waals surface area contributed by atoms with Gasteiger partial charge in [-0.1, -0.05) is 53.2 Å². The Morgan fingerprint density at radius 2 is 1.67 bits per heavy atom. The summed E-state index contributed by atoms with van der Waals surface area (Å²) in [7, 11) is 0. The lowest BCUT2D eigenvalue weighted by Crippen LogP contribution is -2.01. The van der Waals surface area contributed by atoms with Crippen molar-refractivity contribution in [3.05, 3.63) is 86.4 Å². The number of non-ortho nitro benzene ring substituents is 1. The van der Waals surface area contributed by atoms with Gasteiger partial charge in [0.05, 0.1) is 15.0 Å². The first-order valence-electron chi connectivity index (χ1n) is 7.86. The number of nitro groups is 1. The maximum Gasteiger partial charge on any atom is 0.269 e. The number of aromatic hydroxyl groups is 1. The molecule has 0 radical (unpaired) electrons. The van der Waals surface area contributed by atoms with Gasteiger partial charge in [0.15, 0.2) is 5.75 Å². The van der Waals surface area contributed by atoms with Crippen LogP contribution in [-0.2, 0) is 6.54 Å². The van der Waals surface area contributed by atoms with Gasteiger partial charge in [0.25, 0.3) is 5.69 Å². The van der Waals surface area contributed by atoms with Crippen molar-refractivity contribution < 1.29 is 10.0 Å². The lowest BCUT2D eigenvalue weighted by molar-refractivity contribution is -0.384. The average molecular weight is 421 g/mol. The van der Waals surface area contributed by atoms with Crippen LogP contribution < -0.4 is 5.32 Å². The van der Waals surface area contributed by atoms with Gasteiger partial charge < -0.3 is 10.4 Å². The number of benzene rings is 3. The lowest BCUT2D eigenvalue weighted by atomic mass is 10.2. The van der Waals surface area contributed by atoms with Crippen LogP contribution in [0, 0.1) is 10.1 Å². The number of hydrogen-bond acceptors (Lipinski definition) is 5. The molecule has 0 fully saturated rings. The Kier molecular flexibility index (Phi) is 6.11. The summed E-state index contributed by atoms with van der Waals surface area (Å²) in [6.45, 7) is 0.521. The Bertz CT molecular complexity index is 958. The summed E-state index contributed by atoms with van der Waals surface area (Å²) >= 11 is 13.4. The second-order valence-corrected chi connectivity index (χ2v) is 7.53. The number of phenols is 1. The van der Waals surface area contributed by atoms with Crippen molar-refractivity contribution in [2.45, 2.75) is 16.3 Å². The molecule has 3 aromatic rings. The van der Waals surface area contributed by atoms with Gasteiger partial charge in [-0.25, -0.2) is 0 Å². The molecule has 0 unspecified atom stereocenters. The molecule has 0 aliphatic carbocycles. The van der Waals surface area contributed by atoms with Crippen LogP contribution in [0.1, 0.15) is 5.56 Å². The molecule has 0 atom stereocenters. The monoisotopic (exact) mass is 420 g/mol. The molecule has 3 aromatic carbocycles. The number of phenolic OH excluding ortho intramolecular Hbond substituents is 1. The van der Waals surface area contributed by atoms with Crippen molar-refractivity contribution in [3.8, 4) is 5.75 Å². The molecule has 0 saturated carbocycles. The zero-order valence-corrected chi connectivity index (χ0v) is 16.2. The highest BCUT2D eigenvalue weighted by Gasteiger charge is 2.09. The average Bonchev–Trinajstić information content (AvgIpc) is 2.65. The predicted molar refractivity (Wildman–Crippen MR) is 109 cm³/mol. The summed E-state index contributed by atoms with van der Waals surface area (Å²) in [5.41, 5.74) is 1.80. The highest BCUT2D eigenvalue weighted by molar-refractivity contribution is 7.99. The summed E-state index contributed by atoms with van der Waals surface area (Å²) in [4.78, 5) is 12.3. The first-order valence-corrected chi connectivity index (χ1v) is 9.43. The van der Waals surface area contributed by atoms with Crippen molar-refractivity contribution >= 4 is 46.3 Å². The maximum absolute atomic E-state index is 10.8. The number of anilines is 1. The van der Waals surface area contributed by atoms with E-state index in [1.807, 2.05) is 24.3 Å². The molecule has 138 valence electrons. The van der Waals surface area contributed by atoms with E-state index in [0.29, 0.717) is 12.2 Å². The van der Waals surface area contributed by atoms with Crippen molar-refractivity contribution in [1.82, 2.24) is 0 Å². The molecule has 0 bridgehead atoms. The molecule has 27 heavy (non-hydrogen) atoms. The van der Waals surface area contributed by atoms with E-state index in [4.69, 9.17) is 23.2 Å². The molecule has 0 aromatic heterocycles. The van der Waals surface area contributed by atoms with Crippen LogP contribution in [0.15, 0.2) is 70.5 Å². The number of rotatable bonds is 6. The Balaban J connectivity index is 1.75. The molecule has 8 heteroatoms. The molecule has 0 amide bonds. The van der Waals surface area contributed by atoms with Crippen molar-refractivity contribution in [2.24, 2.45) is 0 Å². The first-order chi connectivity index (χ1) is 12.9. The zero-order valence-electron chi connectivity index (χ0n) is 13.9. The van der Waals surface area contributed by atoms with Gasteiger partial charge in [-0.2, -0.15) is 0 Å². The second-order valence-electron chi connectivity index (χ2n) is 5.60. The lowest BCUT2D eigenvalue weighted by Gasteiger charge is -2.12. The molecule has 0 aliphatic rings. The van der Waals surface area contributed by atoms with Crippen LogP contribution in [0.3, 0.4) is 0 Å².